The molecule has 44 heavy (non-hydrogen) atoms. The second kappa shape index (κ2) is 14.1. The number of likely N-dealkylation sites (tertiary alicyclic amines) is 1. The zero-order valence-electron chi connectivity index (χ0n) is 26.4. The number of aliphatic hydroxyl groups is 1. The SMILES string of the molecule is COc1ccc([Si](C)(C)[C@H]2[C@H](C)[C@H](CCc3ccc(N(C=O)c4ccccc4)cc3)O[C@@H]2CC(=O)N2CCC[C@H]2CO)cc1. The average Bonchev–Trinajstić information content (AvgIpc) is 3.66. The minimum absolute atomic E-state index is 0.0144. The maximum atomic E-state index is 13.6. The molecular formula is C36H46N2O5Si. The molecule has 2 heterocycles. The van der Waals surface area contributed by atoms with Crippen LogP contribution in [0.25, 0.3) is 0 Å². The second-order valence-corrected chi connectivity index (χ2v) is 17.5. The Morgan fingerprint density at radius 1 is 1.02 bits per heavy atom. The Morgan fingerprint density at radius 2 is 1.70 bits per heavy atom. The smallest absolute Gasteiger partial charge is 0.225 e. The number of benzene rings is 3. The van der Waals surface area contributed by atoms with Crippen LogP contribution in [-0.2, 0) is 20.7 Å². The monoisotopic (exact) mass is 614 g/mol. The summed E-state index contributed by atoms with van der Waals surface area (Å²) >= 11 is 0. The predicted octanol–water partition coefficient (Wildman–Crippen LogP) is 5.69. The number of hydrogen-bond acceptors (Lipinski definition) is 5. The largest absolute Gasteiger partial charge is 0.497 e. The van der Waals surface area contributed by atoms with Crippen molar-refractivity contribution in [3.63, 3.8) is 0 Å². The summed E-state index contributed by atoms with van der Waals surface area (Å²) in [6, 6.07) is 26.1. The van der Waals surface area contributed by atoms with Gasteiger partial charge in [-0.05, 0) is 79.1 Å². The Labute approximate surface area is 262 Å². The number of carbonyl (C=O) groups is 2. The fourth-order valence-electron chi connectivity index (χ4n) is 7.48. The van der Waals surface area contributed by atoms with E-state index in [9.17, 15) is 14.7 Å². The van der Waals surface area contributed by atoms with Crippen LogP contribution in [0.5, 0.6) is 5.75 Å². The maximum absolute atomic E-state index is 13.6. The van der Waals surface area contributed by atoms with E-state index in [0.29, 0.717) is 13.0 Å². The molecule has 8 heteroatoms. The van der Waals surface area contributed by atoms with Crippen LogP contribution in [0.15, 0.2) is 78.9 Å². The molecule has 0 aliphatic carbocycles. The maximum Gasteiger partial charge on any atom is 0.225 e. The molecule has 1 N–H and O–H groups in total. The van der Waals surface area contributed by atoms with Gasteiger partial charge in [-0.2, -0.15) is 0 Å². The molecule has 2 aliphatic heterocycles. The van der Waals surface area contributed by atoms with Gasteiger partial charge in [0, 0.05) is 17.9 Å². The molecule has 3 aromatic carbocycles. The Bertz CT molecular complexity index is 1380. The molecule has 2 aliphatic rings. The van der Waals surface area contributed by atoms with Crippen molar-refractivity contribution >= 4 is 37.0 Å². The second-order valence-electron chi connectivity index (χ2n) is 12.8. The van der Waals surface area contributed by atoms with Crippen LogP contribution in [0.2, 0.25) is 18.6 Å². The quantitative estimate of drug-likeness (QED) is 0.210. The number of nitrogens with zero attached hydrogens (tertiary/aromatic N) is 2. The van der Waals surface area contributed by atoms with Crippen molar-refractivity contribution in [1.29, 1.82) is 0 Å². The number of aryl methyl sites for hydroxylation is 1. The number of para-hydroxylation sites is 1. The van der Waals surface area contributed by atoms with E-state index in [2.05, 4.69) is 44.3 Å². The van der Waals surface area contributed by atoms with E-state index in [1.54, 1.807) is 12.0 Å². The number of aliphatic hydroxyl groups excluding tert-OH is 1. The molecule has 0 spiro atoms. The lowest BCUT2D eigenvalue weighted by Gasteiger charge is -2.36. The van der Waals surface area contributed by atoms with Crippen molar-refractivity contribution in [2.75, 3.05) is 25.2 Å². The first-order valence-electron chi connectivity index (χ1n) is 15.9. The van der Waals surface area contributed by atoms with Gasteiger partial charge < -0.3 is 19.5 Å². The summed E-state index contributed by atoms with van der Waals surface area (Å²) in [7, 11) is -0.401. The molecule has 0 radical (unpaired) electrons. The topological polar surface area (TPSA) is 79.3 Å². The lowest BCUT2D eigenvalue weighted by molar-refractivity contribution is -0.135. The Hall–Kier alpha value is -3.46. The van der Waals surface area contributed by atoms with Crippen molar-refractivity contribution in [2.24, 2.45) is 5.92 Å². The molecular weight excluding hydrogens is 568 g/mol. The molecule has 2 fully saturated rings. The highest BCUT2D eigenvalue weighted by atomic mass is 28.3. The summed E-state index contributed by atoms with van der Waals surface area (Å²) in [4.78, 5) is 29.0. The van der Waals surface area contributed by atoms with Crippen molar-refractivity contribution in [1.82, 2.24) is 4.90 Å². The molecule has 0 aromatic heterocycles. The van der Waals surface area contributed by atoms with E-state index in [-0.39, 0.29) is 42.2 Å². The molecule has 5 rings (SSSR count). The van der Waals surface area contributed by atoms with Crippen molar-refractivity contribution in [3.8, 4) is 5.75 Å². The lowest BCUT2D eigenvalue weighted by atomic mass is 9.95. The van der Waals surface area contributed by atoms with Crippen LogP contribution >= 0.6 is 0 Å². The molecule has 0 bridgehead atoms. The zero-order valence-corrected chi connectivity index (χ0v) is 27.4. The van der Waals surface area contributed by atoms with Gasteiger partial charge in [0.15, 0.2) is 0 Å². The summed E-state index contributed by atoms with van der Waals surface area (Å²) < 4.78 is 12.3. The third-order valence-electron chi connectivity index (χ3n) is 9.93. The van der Waals surface area contributed by atoms with Gasteiger partial charge in [-0.15, -0.1) is 0 Å². The molecule has 7 nitrogen and oxygen atoms in total. The zero-order chi connectivity index (χ0) is 31.3. The third-order valence-corrected chi connectivity index (χ3v) is 14.3. The van der Waals surface area contributed by atoms with Gasteiger partial charge in [0.05, 0.1) is 46.5 Å². The van der Waals surface area contributed by atoms with E-state index in [0.717, 1.165) is 49.2 Å². The van der Waals surface area contributed by atoms with Gasteiger partial charge in [-0.25, -0.2) is 0 Å². The summed E-state index contributed by atoms with van der Waals surface area (Å²) in [5.74, 6) is 1.22. The van der Waals surface area contributed by atoms with Gasteiger partial charge in [-0.1, -0.05) is 67.7 Å². The first-order valence-corrected chi connectivity index (χ1v) is 18.9. The number of anilines is 2. The van der Waals surface area contributed by atoms with Crippen molar-refractivity contribution in [2.45, 2.75) is 75.9 Å². The highest BCUT2D eigenvalue weighted by Gasteiger charge is 2.51. The van der Waals surface area contributed by atoms with E-state index >= 15 is 0 Å². The third kappa shape index (κ3) is 6.77. The number of hydrogen-bond donors (Lipinski definition) is 1. The van der Waals surface area contributed by atoms with Crippen LogP contribution < -0.4 is 14.8 Å². The Kier molecular flexibility index (Phi) is 10.2. The van der Waals surface area contributed by atoms with Crippen LogP contribution in [0, 0.1) is 5.92 Å². The van der Waals surface area contributed by atoms with Crippen LogP contribution in [0.4, 0.5) is 11.4 Å². The van der Waals surface area contributed by atoms with Gasteiger partial charge in [0.2, 0.25) is 12.3 Å². The van der Waals surface area contributed by atoms with E-state index < -0.39 is 8.07 Å². The molecule has 234 valence electrons. The first-order chi connectivity index (χ1) is 21.3. The van der Waals surface area contributed by atoms with E-state index in [4.69, 9.17) is 9.47 Å². The summed E-state index contributed by atoms with van der Waals surface area (Å²) in [6.45, 7) is 7.82. The van der Waals surface area contributed by atoms with Gasteiger partial charge >= 0.3 is 0 Å². The molecule has 2 saturated heterocycles. The summed E-state index contributed by atoms with van der Waals surface area (Å²) in [6.07, 6.45) is 4.56. The fraction of sp³-hybridized carbons (Fsp3) is 0.444. The minimum Gasteiger partial charge on any atom is -0.497 e. The Morgan fingerprint density at radius 3 is 2.34 bits per heavy atom. The summed E-state index contributed by atoms with van der Waals surface area (Å²) in [5, 5.41) is 11.2. The average molecular weight is 615 g/mol. The van der Waals surface area contributed by atoms with Crippen LogP contribution in [-0.4, -0.2) is 68.9 Å². The fourth-order valence-corrected chi connectivity index (χ4v) is 11.5. The molecule has 5 atom stereocenters. The predicted molar refractivity (Wildman–Crippen MR) is 178 cm³/mol. The normalized spacial score (nSPS) is 23.5. The van der Waals surface area contributed by atoms with Gasteiger partial charge in [0.25, 0.3) is 0 Å². The van der Waals surface area contributed by atoms with Crippen molar-refractivity contribution in [3.05, 3.63) is 84.4 Å². The number of rotatable bonds is 12. The highest BCUT2D eigenvalue weighted by molar-refractivity contribution is 6.91. The Balaban J connectivity index is 1.32. The lowest BCUT2D eigenvalue weighted by Crippen LogP contribution is -2.51. The molecule has 2 amide bonds. The number of ether oxygens (including phenoxy) is 2. The van der Waals surface area contributed by atoms with E-state index in [1.165, 1.54) is 10.8 Å². The van der Waals surface area contributed by atoms with Gasteiger partial charge in [0.1, 0.15) is 5.75 Å². The number of carbonyl (C=O) groups excluding carboxylic acids is 2. The molecule has 0 unspecified atom stereocenters. The molecule has 0 saturated carbocycles. The van der Waals surface area contributed by atoms with Crippen molar-refractivity contribution < 1.29 is 24.2 Å². The van der Waals surface area contributed by atoms with Gasteiger partial charge in [-0.3, -0.25) is 14.5 Å². The first kappa shape index (κ1) is 31.9. The summed E-state index contributed by atoms with van der Waals surface area (Å²) in [5.41, 5.74) is 3.11. The number of amides is 2. The van der Waals surface area contributed by atoms with Crippen LogP contribution in [0.1, 0.15) is 38.2 Å². The van der Waals surface area contributed by atoms with Crippen LogP contribution in [0.3, 0.4) is 0 Å². The highest BCUT2D eigenvalue weighted by Crippen LogP contribution is 2.46. The number of methoxy groups -OCH3 is 1. The van der Waals surface area contributed by atoms with E-state index in [1.807, 2.05) is 59.5 Å². The minimum atomic E-state index is -2.09. The molecule has 3 aromatic rings. The standard InChI is InChI=1S/C36H46N2O5Si/c1-26-33(21-14-27-12-15-29(16-13-27)38(25-40)28-9-6-5-7-10-28)43-34(23-35(41)37-22-8-11-30(37)24-39)36(26)44(3,4)32-19-17-31(42-2)18-20-32/h5-7,9-10,12-13,15-20,25-26,30,33-34,36,39H,8,11,14,21-24H2,1-4H3/t26-,30+,33+,34-,36+/m1/s1.